The number of amides is 1. The van der Waals surface area contributed by atoms with E-state index >= 15 is 0 Å². The Kier molecular flexibility index (Phi) is 3.81. The molecule has 1 rings (SSSR count). The lowest BCUT2D eigenvalue weighted by atomic mass is 10.0. The molecule has 0 aromatic heterocycles. The zero-order valence-electron chi connectivity index (χ0n) is 9.75. The number of nitrogens with two attached hydrogens (primary N) is 1. The highest BCUT2D eigenvalue weighted by Crippen LogP contribution is 2.11. The number of hydrogen-bond acceptors (Lipinski definition) is 3. The third-order valence-electron chi connectivity index (χ3n) is 2.52. The van der Waals surface area contributed by atoms with Crippen LogP contribution in [0.25, 0.3) is 0 Å². The largest absolute Gasteiger partial charge is 0.368 e. The molecule has 0 aliphatic heterocycles. The molecule has 3 N–H and O–H groups in total. The Hall–Kier alpha value is -1.93. The molecule has 0 aliphatic rings. The summed E-state index contributed by atoms with van der Waals surface area (Å²) in [7, 11) is 0. The van der Waals surface area contributed by atoms with Crippen molar-refractivity contribution in [2.24, 2.45) is 5.73 Å². The van der Waals surface area contributed by atoms with E-state index in [1.54, 1.807) is 13.8 Å². The lowest BCUT2D eigenvalue weighted by Crippen LogP contribution is -2.50. The first-order chi connectivity index (χ1) is 7.86. The van der Waals surface area contributed by atoms with Crippen LogP contribution in [0.15, 0.2) is 18.2 Å². The van der Waals surface area contributed by atoms with Gasteiger partial charge < -0.3 is 5.73 Å². The second-order valence-electron chi connectivity index (χ2n) is 4.26. The van der Waals surface area contributed by atoms with Crippen molar-refractivity contribution in [1.82, 2.24) is 5.32 Å². The highest BCUT2D eigenvalue weighted by molar-refractivity contribution is 5.83. The molecule has 0 radical (unpaired) electrons. The summed E-state index contributed by atoms with van der Waals surface area (Å²) in [6.07, 6.45) is 0. The fourth-order valence-electron chi connectivity index (χ4n) is 1.16. The van der Waals surface area contributed by atoms with E-state index in [0.717, 1.165) is 6.07 Å². The molecule has 1 amide bonds. The van der Waals surface area contributed by atoms with Gasteiger partial charge in [-0.2, -0.15) is 5.26 Å². The highest BCUT2D eigenvalue weighted by atomic mass is 19.1. The molecule has 4 nitrogen and oxygen atoms in total. The normalized spacial score (nSPS) is 10.9. The van der Waals surface area contributed by atoms with E-state index < -0.39 is 17.3 Å². The topological polar surface area (TPSA) is 78.9 Å². The summed E-state index contributed by atoms with van der Waals surface area (Å²) < 4.78 is 13.5. The molecule has 1 aromatic rings. The Morgan fingerprint density at radius 1 is 1.59 bits per heavy atom. The van der Waals surface area contributed by atoms with Crippen molar-refractivity contribution >= 4 is 5.91 Å². The molecular weight excluding hydrogens is 221 g/mol. The van der Waals surface area contributed by atoms with Gasteiger partial charge in [0, 0.05) is 12.1 Å². The molecule has 5 heteroatoms. The summed E-state index contributed by atoms with van der Waals surface area (Å²) in [6.45, 7) is 3.42. The molecule has 0 fully saturated rings. The van der Waals surface area contributed by atoms with Gasteiger partial charge in [-0.1, -0.05) is 6.07 Å². The first kappa shape index (κ1) is 13.1. The van der Waals surface area contributed by atoms with Crippen LogP contribution in [-0.4, -0.2) is 11.4 Å². The van der Waals surface area contributed by atoms with Gasteiger partial charge in [-0.05, 0) is 26.0 Å². The van der Waals surface area contributed by atoms with Crippen molar-refractivity contribution in [1.29, 1.82) is 5.26 Å². The van der Waals surface area contributed by atoms with Crippen molar-refractivity contribution in [3.05, 3.63) is 35.1 Å². The number of primary amides is 1. The molecule has 1 aromatic carbocycles. The van der Waals surface area contributed by atoms with Crippen LogP contribution in [0.5, 0.6) is 0 Å². The Balaban J connectivity index is 2.78. The minimum absolute atomic E-state index is 0.174. The van der Waals surface area contributed by atoms with Gasteiger partial charge in [-0.25, -0.2) is 4.39 Å². The quantitative estimate of drug-likeness (QED) is 0.818. The number of rotatable bonds is 4. The van der Waals surface area contributed by atoms with Gasteiger partial charge in [0.2, 0.25) is 5.91 Å². The molecule has 0 spiro atoms. The minimum atomic E-state index is -0.902. The maximum absolute atomic E-state index is 13.5. The smallest absolute Gasteiger partial charge is 0.237 e. The first-order valence-electron chi connectivity index (χ1n) is 5.10. The summed E-state index contributed by atoms with van der Waals surface area (Å²) in [4.78, 5) is 11.1. The van der Waals surface area contributed by atoms with Crippen LogP contribution in [0, 0.1) is 17.1 Å². The Labute approximate surface area is 99.2 Å². The number of hydrogen-bond donors (Lipinski definition) is 2. The van der Waals surface area contributed by atoms with Crippen molar-refractivity contribution in [3.63, 3.8) is 0 Å². The maximum atomic E-state index is 13.5. The zero-order chi connectivity index (χ0) is 13.1. The zero-order valence-corrected chi connectivity index (χ0v) is 9.75. The van der Waals surface area contributed by atoms with E-state index in [2.05, 4.69) is 5.32 Å². The lowest BCUT2D eigenvalue weighted by molar-refractivity contribution is -0.123. The Morgan fingerprint density at radius 3 is 2.71 bits per heavy atom. The van der Waals surface area contributed by atoms with E-state index in [9.17, 15) is 9.18 Å². The summed E-state index contributed by atoms with van der Waals surface area (Å²) in [5, 5.41) is 11.4. The average Bonchev–Trinajstić information content (AvgIpc) is 2.27. The highest BCUT2D eigenvalue weighted by Gasteiger charge is 2.24. The Morgan fingerprint density at radius 2 is 2.24 bits per heavy atom. The second-order valence-corrected chi connectivity index (χ2v) is 4.26. The van der Waals surface area contributed by atoms with Crippen molar-refractivity contribution in [2.45, 2.75) is 25.9 Å². The number of halogens is 1. The SMILES string of the molecule is CC(C)(NCc1ccc(C#N)cc1F)C(N)=O. The van der Waals surface area contributed by atoms with Crippen LogP contribution in [-0.2, 0) is 11.3 Å². The van der Waals surface area contributed by atoms with Gasteiger partial charge in [0.05, 0.1) is 17.2 Å². The number of nitrogens with one attached hydrogen (secondary N) is 1. The van der Waals surface area contributed by atoms with Gasteiger partial charge in [0.25, 0.3) is 0 Å². The fourth-order valence-corrected chi connectivity index (χ4v) is 1.16. The summed E-state index contributed by atoms with van der Waals surface area (Å²) in [5.41, 5.74) is 4.93. The van der Waals surface area contributed by atoms with Crippen LogP contribution < -0.4 is 11.1 Å². The Bertz CT molecular complexity index is 477. The summed E-state index contributed by atoms with van der Waals surface area (Å²) in [6, 6.07) is 6.05. The maximum Gasteiger partial charge on any atom is 0.237 e. The first-order valence-corrected chi connectivity index (χ1v) is 5.10. The van der Waals surface area contributed by atoms with E-state index in [1.807, 2.05) is 6.07 Å². The van der Waals surface area contributed by atoms with E-state index in [-0.39, 0.29) is 12.1 Å². The monoisotopic (exact) mass is 235 g/mol. The molecule has 0 unspecified atom stereocenters. The number of carbonyl (C=O) groups excluding carboxylic acids is 1. The number of nitrogens with zero attached hydrogens (tertiary/aromatic N) is 1. The fraction of sp³-hybridized carbons (Fsp3) is 0.333. The third kappa shape index (κ3) is 3.26. The summed E-state index contributed by atoms with van der Waals surface area (Å²) >= 11 is 0. The number of nitriles is 1. The van der Waals surface area contributed by atoms with Gasteiger partial charge in [0.15, 0.2) is 0 Å². The van der Waals surface area contributed by atoms with Crippen LogP contribution in [0.1, 0.15) is 25.0 Å². The molecule has 0 bridgehead atoms. The predicted octanol–water partition coefficient (Wildman–Crippen LogP) is 1.05. The van der Waals surface area contributed by atoms with E-state index in [0.29, 0.717) is 5.56 Å². The van der Waals surface area contributed by atoms with Gasteiger partial charge in [0.1, 0.15) is 5.82 Å². The average molecular weight is 235 g/mol. The molecule has 90 valence electrons. The molecular formula is C12H14FN3O. The summed E-state index contributed by atoms with van der Waals surface area (Å²) in [5.74, 6) is -0.983. The third-order valence-corrected chi connectivity index (χ3v) is 2.52. The lowest BCUT2D eigenvalue weighted by Gasteiger charge is -2.22. The minimum Gasteiger partial charge on any atom is -0.368 e. The van der Waals surface area contributed by atoms with Gasteiger partial charge in [-0.3, -0.25) is 10.1 Å². The van der Waals surface area contributed by atoms with Crippen molar-refractivity contribution in [2.75, 3.05) is 0 Å². The van der Waals surface area contributed by atoms with E-state index in [1.165, 1.54) is 12.1 Å². The van der Waals surface area contributed by atoms with Gasteiger partial charge >= 0.3 is 0 Å². The van der Waals surface area contributed by atoms with Crippen LogP contribution in [0.3, 0.4) is 0 Å². The molecule has 17 heavy (non-hydrogen) atoms. The van der Waals surface area contributed by atoms with Crippen molar-refractivity contribution < 1.29 is 9.18 Å². The molecule has 0 saturated carbocycles. The van der Waals surface area contributed by atoms with Gasteiger partial charge in [-0.15, -0.1) is 0 Å². The van der Waals surface area contributed by atoms with Crippen LogP contribution in [0.4, 0.5) is 4.39 Å². The van der Waals surface area contributed by atoms with Crippen LogP contribution in [0.2, 0.25) is 0 Å². The molecule has 0 heterocycles. The molecule has 0 aliphatic carbocycles. The predicted molar refractivity (Wildman–Crippen MR) is 61.2 cm³/mol. The molecule has 0 saturated heterocycles. The number of benzene rings is 1. The standard InChI is InChI=1S/C12H14FN3O/c1-12(2,11(15)17)16-7-9-4-3-8(6-14)5-10(9)13/h3-5,16H,7H2,1-2H3,(H2,15,17). The number of carbonyl (C=O) groups is 1. The molecule has 0 atom stereocenters. The van der Waals surface area contributed by atoms with E-state index in [4.69, 9.17) is 11.0 Å². The van der Waals surface area contributed by atoms with Crippen LogP contribution >= 0.6 is 0 Å². The second kappa shape index (κ2) is 4.93. The van der Waals surface area contributed by atoms with Crippen molar-refractivity contribution in [3.8, 4) is 6.07 Å².